The number of pyridine rings is 3. The molecular formula is C21H15F6N5. The quantitative estimate of drug-likeness (QED) is 0.388. The Morgan fingerprint density at radius 3 is 2.38 bits per heavy atom. The van der Waals surface area contributed by atoms with Crippen molar-refractivity contribution < 1.29 is 26.3 Å². The van der Waals surface area contributed by atoms with Gasteiger partial charge in [0.25, 0.3) is 0 Å². The summed E-state index contributed by atoms with van der Waals surface area (Å²) in [6, 6.07) is 5.24. The fraction of sp³-hybridized carbons (Fsp3) is 0.190. The Kier molecular flexibility index (Phi) is 5.49. The van der Waals surface area contributed by atoms with Crippen LogP contribution in [0.4, 0.5) is 32.2 Å². The third kappa shape index (κ3) is 4.66. The highest BCUT2D eigenvalue weighted by Gasteiger charge is 2.33. The lowest BCUT2D eigenvalue weighted by Gasteiger charge is -2.13. The monoisotopic (exact) mass is 451 g/mol. The van der Waals surface area contributed by atoms with Gasteiger partial charge in [-0.1, -0.05) is 6.07 Å². The highest BCUT2D eigenvalue weighted by atomic mass is 19.4. The van der Waals surface area contributed by atoms with Gasteiger partial charge in [-0.2, -0.15) is 26.3 Å². The van der Waals surface area contributed by atoms with Crippen LogP contribution in [0, 0.1) is 0 Å². The molecule has 0 unspecified atom stereocenters. The summed E-state index contributed by atoms with van der Waals surface area (Å²) in [6.45, 7) is -0.122. The summed E-state index contributed by atoms with van der Waals surface area (Å²) in [7, 11) is 0. The molecule has 0 atom stereocenters. The molecule has 0 aliphatic carbocycles. The minimum absolute atomic E-state index is 0.0161. The fourth-order valence-corrected chi connectivity index (χ4v) is 3.24. The summed E-state index contributed by atoms with van der Waals surface area (Å²) in [5, 5.41) is 3.18. The van der Waals surface area contributed by atoms with Gasteiger partial charge in [-0.15, -0.1) is 0 Å². The van der Waals surface area contributed by atoms with Crippen molar-refractivity contribution in [3.63, 3.8) is 0 Å². The number of nitrogens with one attached hydrogen (secondary N) is 2. The van der Waals surface area contributed by atoms with Crippen LogP contribution in [0.2, 0.25) is 0 Å². The standard InChI is InChI=1S/C21H15F6N5/c22-20(23,24)15-6-16-13(9-31-19(16)32-11-15)5-12-1-2-18(29-7-12)30-10-14-8-28-4-3-17(14)21(25,26)27/h1-4,6-9,11H,5,10H2,(H,29,30)(H,31,32). The summed E-state index contributed by atoms with van der Waals surface area (Å²) in [6.07, 6.45) is -2.58. The molecule has 4 aromatic rings. The van der Waals surface area contributed by atoms with Crippen molar-refractivity contribution in [2.45, 2.75) is 25.3 Å². The Hall–Kier alpha value is -3.63. The number of fused-ring (bicyclic) bond motifs is 1. The zero-order valence-corrected chi connectivity index (χ0v) is 16.2. The second-order valence-corrected chi connectivity index (χ2v) is 7.04. The highest BCUT2D eigenvalue weighted by molar-refractivity contribution is 5.80. The first-order chi connectivity index (χ1) is 15.1. The Morgan fingerprint density at radius 1 is 0.875 bits per heavy atom. The molecule has 0 aromatic carbocycles. The summed E-state index contributed by atoms with van der Waals surface area (Å²) in [5.74, 6) is 0.352. The number of hydrogen-bond acceptors (Lipinski definition) is 4. The van der Waals surface area contributed by atoms with Gasteiger partial charge in [0.2, 0.25) is 0 Å². The van der Waals surface area contributed by atoms with Crippen molar-refractivity contribution >= 4 is 16.9 Å². The number of anilines is 1. The zero-order valence-electron chi connectivity index (χ0n) is 16.2. The first kappa shape index (κ1) is 21.6. The SMILES string of the molecule is FC(F)(F)c1cnc2[nH]cc(Cc3ccc(NCc4cnccc4C(F)(F)F)nc3)c2c1. The zero-order chi connectivity index (χ0) is 22.9. The van der Waals surface area contributed by atoms with E-state index in [0.717, 1.165) is 30.7 Å². The molecule has 0 saturated heterocycles. The molecule has 32 heavy (non-hydrogen) atoms. The molecule has 4 rings (SSSR count). The lowest BCUT2D eigenvalue weighted by atomic mass is 10.1. The Morgan fingerprint density at radius 2 is 1.69 bits per heavy atom. The van der Waals surface area contributed by atoms with Crippen molar-refractivity contribution in [2.24, 2.45) is 0 Å². The summed E-state index contributed by atoms with van der Waals surface area (Å²) in [4.78, 5) is 14.6. The summed E-state index contributed by atoms with van der Waals surface area (Å²) in [5.41, 5.74) is 0.0475. The maximum absolute atomic E-state index is 13.1. The van der Waals surface area contributed by atoms with Gasteiger partial charge in [0.05, 0.1) is 11.1 Å². The van der Waals surface area contributed by atoms with E-state index in [9.17, 15) is 26.3 Å². The van der Waals surface area contributed by atoms with Crippen molar-refractivity contribution in [3.05, 3.63) is 83.1 Å². The largest absolute Gasteiger partial charge is 0.417 e. The summed E-state index contributed by atoms with van der Waals surface area (Å²) >= 11 is 0. The van der Waals surface area contributed by atoms with E-state index >= 15 is 0 Å². The van der Waals surface area contributed by atoms with E-state index in [4.69, 9.17) is 0 Å². The van der Waals surface area contributed by atoms with E-state index in [1.807, 2.05) is 0 Å². The van der Waals surface area contributed by atoms with Crippen LogP contribution in [0.5, 0.6) is 0 Å². The molecule has 11 heteroatoms. The maximum atomic E-state index is 13.1. The first-order valence-corrected chi connectivity index (χ1v) is 9.33. The van der Waals surface area contributed by atoms with Gasteiger partial charge in [-0.3, -0.25) is 4.98 Å². The van der Waals surface area contributed by atoms with E-state index < -0.39 is 23.5 Å². The molecule has 0 spiro atoms. The van der Waals surface area contributed by atoms with Gasteiger partial charge in [0.1, 0.15) is 11.5 Å². The Balaban J connectivity index is 1.47. The average molecular weight is 451 g/mol. The van der Waals surface area contributed by atoms with E-state index in [1.54, 1.807) is 18.3 Å². The third-order valence-corrected chi connectivity index (χ3v) is 4.83. The molecule has 0 aliphatic rings. The number of H-pyrrole nitrogens is 1. The van der Waals surface area contributed by atoms with Crippen LogP contribution in [0.3, 0.4) is 0 Å². The second kappa shape index (κ2) is 8.13. The predicted octanol–water partition coefficient (Wildman–Crippen LogP) is 5.59. The van der Waals surface area contributed by atoms with Crippen LogP contribution in [-0.2, 0) is 25.3 Å². The van der Waals surface area contributed by atoms with Crippen molar-refractivity contribution in [3.8, 4) is 0 Å². The molecule has 5 nitrogen and oxygen atoms in total. The topological polar surface area (TPSA) is 66.5 Å². The third-order valence-electron chi connectivity index (χ3n) is 4.83. The van der Waals surface area contributed by atoms with Crippen LogP contribution in [0.15, 0.2) is 55.2 Å². The number of alkyl halides is 6. The minimum Gasteiger partial charge on any atom is -0.366 e. The molecule has 0 fully saturated rings. The lowest BCUT2D eigenvalue weighted by molar-refractivity contribution is -0.138. The molecule has 0 aliphatic heterocycles. The van der Waals surface area contributed by atoms with Gasteiger partial charge in [-0.25, -0.2) is 9.97 Å². The highest BCUT2D eigenvalue weighted by Crippen LogP contribution is 2.32. The van der Waals surface area contributed by atoms with Crippen molar-refractivity contribution in [2.75, 3.05) is 5.32 Å². The van der Waals surface area contributed by atoms with E-state index in [0.29, 0.717) is 34.4 Å². The van der Waals surface area contributed by atoms with E-state index in [2.05, 4.69) is 25.3 Å². The van der Waals surface area contributed by atoms with Crippen LogP contribution in [0.1, 0.15) is 27.8 Å². The molecule has 4 heterocycles. The smallest absolute Gasteiger partial charge is 0.366 e. The summed E-state index contributed by atoms with van der Waals surface area (Å²) < 4.78 is 78.1. The number of aromatic nitrogens is 4. The van der Waals surface area contributed by atoms with Gasteiger partial charge < -0.3 is 10.3 Å². The number of hydrogen-bond donors (Lipinski definition) is 2. The number of aromatic amines is 1. The Labute approximate surface area is 177 Å². The van der Waals surface area contributed by atoms with Gasteiger partial charge in [0.15, 0.2) is 0 Å². The normalized spacial score (nSPS) is 12.3. The van der Waals surface area contributed by atoms with Gasteiger partial charge in [-0.05, 0) is 29.3 Å². The Bertz CT molecular complexity index is 1230. The minimum atomic E-state index is -4.50. The van der Waals surface area contributed by atoms with Crippen molar-refractivity contribution in [1.29, 1.82) is 0 Å². The first-order valence-electron chi connectivity index (χ1n) is 9.33. The van der Waals surface area contributed by atoms with Crippen LogP contribution >= 0.6 is 0 Å². The fourth-order valence-electron chi connectivity index (χ4n) is 3.24. The van der Waals surface area contributed by atoms with Gasteiger partial charge in [0, 0.05) is 54.9 Å². The van der Waals surface area contributed by atoms with Crippen LogP contribution in [0.25, 0.3) is 11.0 Å². The molecule has 166 valence electrons. The number of nitrogens with zero attached hydrogens (tertiary/aromatic N) is 3. The van der Waals surface area contributed by atoms with Gasteiger partial charge >= 0.3 is 12.4 Å². The number of halogens is 6. The molecule has 2 N–H and O–H groups in total. The maximum Gasteiger partial charge on any atom is 0.417 e. The predicted molar refractivity (Wildman–Crippen MR) is 105 cm³/mol. The molecule has 0 amide bonds. The molecule has 0 radical (unpaired) electrons. The lowest BCUT2D eigenvalue weighted by Crippen LogP contribution is -2.12. The van der Waals surface area contributed by atoms with Crippen molar-refractivity contribution in [1.82, 2.24) is 19.9 Å². The second-order valence-electron chi connectivity index (χ2n) is 7.04. The molecule has 4 aromatic heterocycles. The van der Waals surface area contributed by atoms with E-state index in [-0.39, 0.29) is 12.1 Å². The van der Waals surface area contributed by atoms with Crippen LogP contribution in [-0.4, -0.2) is 19.9 Å². The number of rotatable bonds is 5. The van der Waals surface area contributed by atoms with E-state index in [1.165, 1.54) is 6.20 Å². The molecular weight excluding hydrogens is 436 g/mol. The molecule has 0 bridgehead atoms. The average Bonchev–Trinajstić information content (AvgIpc) is 3.14. The molecule has 0 saturated carbocycles. The van der Waals surface area contributed by atoms with Crippen LogP contribution < -0.4 is 5.32 Å².